The number of benzene rings is 1. The molecule has 1 aliphatic heterocycles. The van der Waals surface area contributed by atoms with Crippen molar-refractivity contribution in [2.45, 2.75) is 25.4 Å². The van der Waals surface area contributed by atoms with Crippen molar-refractivity contribution >= 4 is 27.5 Å². The molecule has 0 aromatic heterocycles. The summed E-state index contributed by atoms with van der Waals surface area (Å²) in [5, 5.41) is 9.88. The number of rotatable bonds is 1. The lowest BCUT2D eigenvalue weighted by atomic mass is 9.93. The average Bonchev–Trinajstić information content (AvgIpc) is 2.31. The predicted molar refractivity (Wildman–Crippen MR) is 74.3 cm³/mol. The number of nitrogen functional groups attached to an aromatic ring is 1. The lowest BCUT2D eigenvalue weighted by molar-refractivity contribution is -0.00204. The minimum absolute atomic E-state index is 0.0373. The molecule has 0 unspecified atom stereocenters. The highest BCUT2D eigenvalue weighted by Crippen LogP contribution is 2.25. The van der Waals surface area contributed by atoms with E-state index in [1.807, 2.05) is 6.92 Å². The largest absolute Gasteiger partial charge is 0.399 e. The second-order valence-corrected chi connectivity index (χ2v) is 5.88. The fraction of sp³-hybridized carbons (Fsp3) is 0.462. The Bertz CT molecular complexity index is 464. The summed E-state index contributed by atoms with van der Waals surface area (Å²) in [5.41, 5.74) is 6.21. The Balaban J connectivity index is 2.15. The molecule has 1 aromatic rings. The second kappa shape index (κ2) is 4.90. The highest BCUT2D eigenvalue weighted by atomic mass is 79.9. The number of halogens is 1. The van der Waals surface area contributed by atoms with E-state index in [0.717, 1.165) is 4.47 Å². The summed E-state index contributed by atoms with van der Waals surface area (Å²) in [6.07, 6.45) is 1.22. The summed E-state index contributed by atoms with van der Waals surface area (Å²) >= 11 is 3.37. The molecule has 18 heavy (non-hydrogen) atoms. The fourth-order valence-electron chi connectivity index (χ4n) is 2.07. The standard InChI is InChI=1S/C13H17BrN2O2/c1-13(18)4-6-16(7-5-13)12(17)10-8-9(15)2-3-11(10)14/h2-3,8,18H,4-7,15H2,1H3. The molecule has 0 atom stereocenters. The molecule has 1 amide bonds. The molecule has 1 fully saturated rings. The average molecular weight is 313 g/mol. The Morgan fingerprint density at radius 1 is 1.44 bits per heavy atom. The van der Waals surface area contributed by atoms with Gasteiger partial charge in [0.05, 0.1) is 11.2 Å². The summed E-state index contributed by atoms with van der Waals surface area (Å²) in [6.45, 7) is 2.96. The molecule has 0 spiro atoms. The van der Waals surface area contributed by atoms with Gasteiger partial charge in [-0.1, -0.05) is 0 Å². The van der Waals surface area contributed by atoms with Crippen LogP contribution in [0.4, 0.5) is 5.69 Å². The first kappa shape index (κ1) is 13.4. The number of carbonyl (C=O) groups is 1. The van der Waals surface area contributed by atoms with E-state index in [-0.39, 0.29) is 5.91 Å². The van der Waals surface area contributed by atoms with E-state index >= 15 is 0 Å². The fourth-order valence-corrected chi connectivity index (χ4v) is 2.48. The van der Waals surface area contributed by atoms with Gasteiger partial charge in [-0.3, -0.25) is 4.79 Å². The number of nitrogens with two attached hydrogens (primary N) is 1. The van der Waals surface area contributed by atoms with Gasteiger partial charge < -0.3 is 15.7 Å². The maximum atomic E-state index is 12.3. The van der Waals surface area contributed by atoms with E-state index in [4.69, 9.17) is 5.73 Å². The normalized spacial score (nSPS) is 18.7. The van der Waals surface area contributed by atoms with Gasteiger partial charge in [-0.25, -0.2) is 0 Å². The van der Waals surface area contributed by atoms with Crippen molar-refractivity contribution in [3.63, 3.8) is 0 Å². The molecule has 0 aliphatic carbocycles. The van der Waals surface area contributed by atoms with Crippen molar-refractivity contribution < 1.29 is 9.90 Å². The van der Waals surface area contributed by atoms with Gasteiger partial charge in [0, 0.05) is 23.2 Å². The Morgan fingerprint density at radius 3 is 2.67 bits per heavy atom. The van der Waals surface area contributed by atoms with E-state index in [0.29, 0.717) is 37.2 Å². The third kappa shape index (κ3) is 2.84. The minimum Gasteiger partial charge on any atom is -0.399 e. The molecule has 0 bridgehead atoms. The zero-order chi connectivity index (χ0) is 13.3. The minimum atomic E-state index is -0.649. The highest BCUT2D eigenvalue weighted by Gasteiger charge is 2.30. The van der Waals surface area contributed by atoms with Gasteiger partial charge in [0.2, 0.25) is 0 Å². The van der Waals surface area contributed by atoms with Crippen molar-refractivity contribution in [3.8, 4) is 0 Å². The zero-order valence-electron chi connectivity index (χ0n) is 10.3. The Morgan fingerprint density at radius 2 is 2.06 bits per heavy atom. The van der Waals surface area contributed by atoms with Gasteiger partial charge in [-0.05, 0) is 53.9 Å². The number of aliphatic hydroxyl groups is 1. The number of hydrogen-bond acceptors (Lipinski definition) is 3. The van der Waals surface area contributed by atoms with E-state index in [9.17, 15) is 9.90 Å². The highest BCUT2D eigenvalue weighted by molar-refractivity contribution is 9.10. The second-order valence-electron chi connectivity index (χ2n) is 5.03. The molecule has 3 N–H and O–H groups in total. The predicted octanol–water partition coefficient (Wildman–Crippen LogP) is 2.02. The smallest absolute Gasteiger partial charge is 0.255 e. The summed E-state index contributed by atoms with van der Waals surface area (Å²) in [4.78, 5) is 14.1. The maximum absolute atomic E-state index is 12.3. The van der Waals surface area contributed by atoms with Crippen LogP contribution < -0.4 is 5.73 Å². The summed E-state index contributed by atoms with van der Waals surface area (Å²) < 4.78 is 0.749. The molecule has 0 radical (unpaired) electrons. The van der Waals surface area contributed by atoms with Gasteiger partial charge in [-0.15, -0.1) is 0 Å². The molecule has 4 nitrogen and oxygen atoms in total. The Kier molecular flexibility index (Phi) is 3.64. The molecule has 5 heteroatoms. The van der Waals surface area contributed by atoms with Crippen molar-refractivity contribution in [1.29, 1.82) is 0 Å². The molecule has 98 valence electrons. The summed E-state index contributed by atoms with van der Waals surface area (Å²) in [5.74, 6) is -0.0373. The Hall–Kier alpha value is -1.07. The van der Waals surface area contributed by atoms with Crippen LogP contribution in [0.1, 0.15) is 30.1 Å². The zero-order valence-corrected chi connectivity index (χ0v) is 11.9. The Labute approximate surface area is 115 Å². The topological polar surface area (TPSA) is 66.6 Å². The summed E-state index contributed by atoms with van der Waals surface area (Å²) in [6, 6.07) is 5.21. The lowest BCUT2D eigenvalue weighted by Gasteiger charge is -2.36. The lowest BCUT2D eigenvalue weighted by Crippen LogP contribution is -2.45. The number of likely N-dealkylation sites (tertiary alicyclic amines) is 1. The maximum Gasteiger partial charge on any atom is 0.255 e. The first-order valence-corrected chi connectivity index (χ1v) is 6.75. The molecule has 1 aliphatic rings. The van der Waals surface area contributed by atoms with Crippen LogP contribution in [0.25, 0.3) is 0 Å². The van der Waals surface area contributed by atoms with Gasteiger partial charge in [-0.2, -0.15) is 0 Å². The van der Waals surface area contributed by atoms with Gasteiger partial charge in [0.15, 0.2) is 0 Å². The van der Waals surface area contributed by atoms with Crippen molar-refractivity contribution in [3.05, 3.63) is 28.2 Å². The van der Waals surface area contributed by atoms with Crippen LogP contribution in [-0.2, 0) is 0 Å². The van der Waals surface area contributed by atoms with Crippen LogP contribution in [0.3, 0.4) is 0 Å². The molecular formula is C13H17BrN2O2. The molecule has 1 heterocycles. The van der Waals surface area contributed by atoms with Crippen molar-refractivity contribution in [2.75, 3.05) is 18.8 Å². The SMILES string of the molecule is CC1(O)CCN(C(=O)c2cc(N)ccc2Br)CC1. The first-order chi connectivity index (χ1) is 8.39. The van der Waals surface area contributed by atoms with Crippen LogP contribution in [0.2, 0.25) is 0 Å². The molecular weight excluding hydrogens is 296 g/mol. The van der Waals surface area contributed by atoms with Gasteiger partial charge in [0.25, 0.3) is 5.91 Å². The monoisotopic (exact) mass is 312 g/mol. The van der Waals surface area contributed by atoms with Gasteiger partial charge in [0.1, 0.15) is 0 Å². The van der Waals surface area contributed by atoms with Crippen LogP contribution in [0.15, 0.2) is 22.7 Å². The van der Waals surface area contributed by atoms with Crippen molar-refractivity contribution in [2.24, 2.45) is 0 Å². The quantitative estimate of drug-likeness (QED) is 0.780. The van der Waals surface area contributed by atoms with Crippen LogP contribution in [0, 0.1) is 0 Å². The number of piperidine rings is 1. The van der Waals surface area contributed by atoms with E-state index < -0.39 is 5.60 Å². The molecule has 0 saturated carbocycles. The van der Waals surface area contributed by atoms with E-state index in [1.54, 1.807) is 23.1 Å². The third-order valence-corrected chi connectivity index (χ3v) is 4.04. The molecule has 1 saturated heterocycles. The number of amides is 1. The van der Waals surface area contributed by atoms with Gasteiger partial charge >= 0.3 is 0 Å². The first-order valence-electron chi connectivity index (χ1n) is 5.96. The number of nitrogens with zero attached hydrogens (tertiary/aromatic N) is 1. The molecule has 1 aromatic carbocycles. The van der Waals surface area contributed by atoms with E-state index in [1.165, 1.54) is 0 Å². The van der Waals surface area contributed by atoms with Crippen LogP contribution in [-0.4, -0.2) is 34.6 Å². The number of hydrogen-bond donors (Lipinski definition) is 2. The number of anilines is 1. The number of carbonyl (C=O) groups excluding carboxylic acids is 1. The van der Waals surface area contributed by atoms with Crippen molar-refractivity contribution in [1.82, 2.24) is 4.90 Å². The third-order valence-electron chi connectivity index (χ3n) is 3.35. The van der Waals surface area contributed by atoms with E-state index in [2.05, 4.69) is 15.9 Å². The van der Waals surface area contributed by atoms with Crippen LogP contribution >= 0.6 is 15.9 Å². The van der Waals surface area contributed by atoms with Crippen LogP contribution in [0.5, 0.6) is 0 Å². The molecule has 2 rings (SSSR count). The summed E-state index contributed by atoms with van der Waals surface area (Å²) in [7, 11) is 0.